The zero-order valence-corrected chi connectivity index (χ0v) is 36.6. The van der Waals surface area contributed by atoms with E-state index in [2.05, 4.69) is 65.0 Å². The second-order valence-electron chi connectivity index (χ2n) is 18.8. The molecule has 2 N–H and O–H groups in total. The van der Waals surface area contributed by atoms with Crippen LogP contribution in [0.15, 0.2) is 48.6 Å². The number of ether oxygens (including phenoxy) is 4. The summed E-state index contributed by atoms with van der Waals surface area (Å²) in [5, 5.41) is 14.5. The van der Waals surface area contributed by atoms with Crippen molar-refractivity contribution < 1.29 is 38.4 Å². The van der Waals surface area contributed by atoms with Crippen molar-refractivity contribution in [1.82, 2.24) is 14.8 Å². The molecule has 12 nitrogen and oxygen atoms in total. The van der Waals surface area contributed by atoms with Crippen LogP contribution in [0.5, 0.6) is 5.75 Å². The number of carbonyl (C=O) groups is 3. The van der Waals surface area contributed by atoms with E-state index < -0.39 is 45.9 Å². The molecule has 12 heteroatoms. The summed E-state index contributed by atoms with van der Waals surface area (Å²) in [5.41, 5.74) is 0.0257. The van der Waals surface area contributed by atoms with Crippen LogP contribution >= 0.6 is 0 Å². The first-order chi connectivity index (χ1) is 28.8. The maximum Gasteiger partial charge on any atom is 0.344 e. The van der Waals surface area contributed by atoms with Crippen LogP contribution in [-0.2, 0) is 45.8 Å². The van der Waals surface area contributed by atoms with Crippen molar-refractivity contribution in [2.24, 2.45) is 16.7 Å². The minimum atomic E-state index is -2.27. The van der Waals surface area contributed by atoms with Gasteiger partial charge in [0, 0.05) is 90.9 Å². The lowest BCUT2D eigenvalue weighted by Crippen LogP contribution is -2.81. The first-order valence-corrected chi connectivity index (χ1v) is 22.1. The largest absolute Gasteiger partial charge is 0.496 e. The molecule has 5 aliphatic heterocycles. The molecule has 1 spiro atoms. The Bertz CT molecular complexity index is 2270. The number of aliphatic hydroxyl groups is 1. The SMILES string of the molecule is CCC1(CC)C[C@@H]2CN(CCc3c([nH]c4ccccc34)[C@](C(=O)OC)(c3cc4c(cc3OC)N(C)[C@H]3[C@@](O)(C(=O)OC)[C@H](OC(C)=O)[C@]5(CC)C=CCN6CC[C@]43[C@@H]65)C2)C1. The summed E-state index contributed by atoms with van der Waals surface area (Å²) in [6.07, 6.45) is 8.35. The van der Waals surface area contributed by atoms with Crippen molar-refractivity contribution in [2.75, 3.05) is 66.0 Å². The highest BCUT2D eigenvalue weighted by molar-refractivity contribution is 5.95. The van der Waals surface area contributed by atoms with Gasteiger partial charge in [0.25, 0.3) is 0 Å². The minimum Gasteiger partial charge on any atom is -0.496 e. The fraction of sp³-hybridized carbons (Fsp3) is 0.604. The standard InChI is InChI=1S/C48H62N4O8/c1-9-44(10-2)25-30-26-47(42(54)58-7,38-32(17-21-51(27-30)28-44)31-15-12-13-16-35(31)49-38)34-23-33-36(24-37(34)57-6)50(5)40-46(33)19-22-52-20-14-18-45(11-3,39(46)52)41(60-29(4)53)48(40,56)43(55)59-8/h12-16,18,23-24,30,39-41,49,56H,9-11,17,19-22,25-28H2,1-8H3/t30-,39-,40+,41+,45+,46+,47+,48-/m0/s1. The summed E-state index contributed by atoms with van der Waals surface area (Å²) in [7, 11) is 6.30. The van der Waals surface area contributed by atoms with Gasteiger partial charge in [-0.25, -0.2) is 4.79 Å². The fourth-order valence-corrected chi connectivity index (χ4v) is 14.1. The number of hydrogen-bond acceptors (Lipinski definition) is 11. The first-order valence-electron chi connectivity index (χ1n) is 22.1. The van der Waals surface area contributed by atoms with E-state index in [0.29, 0.717) is 43.7 Å². The number of para-hydroxylation sites is 1. The Morgan fingerprint density at radius 3 is 2.37 bits per heavy atom. The summed E-state index contributed by atoms with van der Waals surface area (Å²) >= 11 is 0. The summed E-state index contributed by atoms with van der Waals surface area (Å²) < 4.78 is 24.2. The number of benzene rings is 2. The van der Waals surface area contributed by atoms with Crippen LogP contribution in [0.1, 0.15) is 88.6 Å². The molecule has 6 heterocycles. The van der Waals surface area contributed by atoms with Gasteiger partial charge < -0.3 is 38.8 Å². The zero-order chi connectivity index (χ0) is 42.6. The summed E-state index contributed by atoms with van der Waals surface area (Å²) in [5.74, 6) is -1.11. The summed E-state index contributed by atoms with van der Waals surface area (Å²) in [6, 6.07) is 11.3. The third kappa shape index (κ3) is 5.22. The Morgan fingerprint density at radius 2 is 1.68 bits per heavy atom. The molecule has 60 heavy (non-hydrogen) atoms. The summed E-state index contributed by atoms with van der Waals surface area (Å²) in [4.78, 5) is 53.8. The number of aromatic nitrogens is 1. The molecule has 6 aliphatic rings. The number of anilines is 1. The number of aromatic amines is 1. The second-order valence-corrected chi connectivity index (χ2v) is 18.8. The number of H-pyrrole nitrogens is 1. The van der Waals surface area contributed by atoms with E-state index in [1.807, 2.05) is 31.0 Å². The topological polar surface area (TPSA) is 134 Å². The van der Waals surface area contributed by atoms with Crippen LogP contribution in [0.4, 0.5) is 5.69 Å². The van der Waals surface area contributed by atoms with E-state index >= 15 is 4.79 Å². The smallest absolute Gasteiger partial charge is 0.344 e. The lowest BCUT2D eigenvalue weighted by Gasteiger charge is -2.63. The van der Waals surface area contributed by atoms with E-state index in [4.69, 9.17) is 18.9 Å². The van der Waals surface area contributed by atoms with Crippen molar-refractivity contribution in [3.05, 3.63) is 70.9 Å². The van der Waals surface area contributed by atoms with Crippen LogP contribution in [0.2, 0.25) is 0 Å². The number of nitrogens with zero attached hydrogens (tertiary/aromatic N) is 3. The van der Waals surface area contributed by atoms with Gasteiger partial charge in [0.1, 0.15) is 11.2 Å². The molecule has 1 aliphatic carbocycles. The molecule has 1 unspecified atom stereocenters. The Kier molecular flexibility index (Phi) is 9.80. The molecule has 3 aromatic rings. The molecule has 0 radical (unpaired) electrons. The van der Waals surface area contributed by atoms with Gasteiger partial charge in [0.15, 0.2) is 6.10 Å². The quantitative estimate of drug-likeness (QED) is 0.166. The number of carbonyl (C=O) groups excluding carboxylic acids is 3. The Morgan fingerprint density at radius 1 is 0.933 bits per heavy atom. The number of piperidine rings is 1. The van der Waals surface area contributed by atoms with E-state index in [1.54, 1.807) is 7.11 Å². The lowest BCUT2D eigenvalue weighted by atomic mass is 9.47. The monoisotopic (exact) mass is 822 g/mol. The average Bonchev–Trinajstić information content (AvgIpc) is 3.92. The Hall–Kier alpha value is -4.39. The van der Waals surface area contributed by atoms with Gasteiger partial charge in [-0.05, 0) is 86.1 Å². The zero-order valence-electron chi connectivity index (χ0n) is 36.6. The molecule has 3 fully saturated rings. The Balaban J connectivity index is 1.36. The molecule has 2 bridgehead atoms. The van der Waals surface area contributed by atoms with Crippen LogP contribution in [0.25, 0.3) is 10.9 Å². The molecule has 2 aromatic carbocycles. The van der Waals surface area contributed by atoms with Gasteiger partial charge in [0.2, 0.25) is 5.60 Å². The minimum absolute atomic E-state index is 0.117. The number of hydrogen-bond donors (Lipinski definition) is 2. The van der Waals surface area contributed by atoms with Crippen molar-refractivity contribution in [3.8, 4) is 5.75 Å². The molecule has 9 atom stereocenters. The number of methoxy groups -OCH3 is 3. The van der Waals surface area contributed by atoms with Crippen LogP contribution in [0, 0.1) is 16.7 Å². The van der Waals surface area contributed by atoms with Crippen LogP contribution < -0.4 is 9.64 Å². The van der Waals surface area contributed by atoms with Crippen molar-refractivity contribution in [1.29, 1.82) is 0 Å². The molecule has 0 amide bonds. The van der Waals surface area contributed by atoms with Gasteiger partial charge >= 0.3 is 17.9 Å². The first kappa shape index (κ1) is 41.0. The second kappa shape index (κ2) is 14.3. The average molecular weight is 823 g/mol. The number of nitrogens with one attached hydrogen (secondary N) is 1. The van der Waals surface area contributed by atoms with Gasteiger partial charge in [-0.3, -0.25) is 14.5 Å². The van der Waals surface area contributed by atoms with Crippen LogP contribution in [0.3, 0.4) is 0 Å². The summed E-state index contributed by atoms with van der Waals surface area (Å²) in [6.45, 7) is 12.1. The lowest BCUT2D eigenvalue weighted by molar-refractivity contribution is -0.228. The normalized spacial score (nSPS) is 35.0. The Labute approximate surface area is 353 Å². The molecular weight excluding hydrogens is 761 g/mol. The number of likely N-dealkylation sites (N-methyl/N-ethyl adjacent to an activating group) is 1. The van der Waals surface area contributed by atoms with Gasteiger partial charge in [-0.1, -0.05) is 51.1 Å². The van der Waals surface area contributed by atoms with Gasteiger partial charge in [0.05, 0.1) is 27.4 Å². The van der Waals surface area contributed by atoms with E-state index in [0.717, 1.165) is 78.7 Å². The van der Waals surface area contributed by atoms with E-state index in [-0.39, 0.29) is 23.3 Å². The van der Waals surface area contributed by atoms with E-state index in [1.165, 1.54) is 21.1 Å². The van der Waals surface area contributed by atoms with Gasteiger partial charge in [-0.15, -0.1) is 0 Å². The molecule has 2 saturated heterocycles. The predicted molar refractivity (Wildman–Crippen MR) is 228 cm³/mol. The molecule has 9 rings (SSSR count). The maximum absolute atomic E-state index is 15.5. The molecular formula is C48H62N4O8. The highest BCUT2D eigenvalue weighted by Gasteiger charge is 2.80. The third-order valence-electron chi connectivity index (χ3n) is 16.5. The van der Waals surface area contributed by atoms with Crippen molar-refractivity contribution in [3.63, 3.8) is 0 Å². The number of esters is 3. The predicted octanol–water partition coefficient (Wildman–Crippen LogP) is 5.66. The highest BCUT2D eigenvalue weighted by atomic mass is 16.6. The molecule has 1 aromatic heterocycles. The van der Waals surface area contributed by atoms with E-state index in [9.17, 15) is 14.7 Å². The highest BCUT2D eigenvalue weighted by Crippen LogP contribution is 2.68. The molecule has 322 valence electrons. The van der Waals surface area contributed by atoms with Crippen LogP contribution in [-0.4, -0.2) is 123 Å². The maximum atomic E-state index is 15.5. The number of rotatable bonds is 8. The molecule has 1 saturated carbocycles. The van der Waals surface area contributed by atoms with Crippen molar-refractivity contribution >= 4 is 34.5 Å². The number of fused-ring (bicyclic) bond motifs is 6. The van der Waals surface area contributed by atoms with Gasteiger partial charge in [-0.2, -0.15) is 0 Å². The third-order valence-corrected chi connectivity index (χ3v) is 16.5. The fourth-order valence-electron chi connectivity index (χ4n) is 14.1. The van der Waals surface area contributed by atoms with Crippen molar-refractivity contribution in [2.45, 2.75) is 107 Å².